The van der Waals surface area contributed by atoms with Crippen molar-refractivity contribution in [2.45, 2.75) is 5.54 Å². The molecule has 1 aromatic rings. The van der Waals surface area contributed by atoms with Gasteiger partial charge in [-0.3, -0.25) is 4.98 Å². The highest BCUT2D eigenvalue weighted by Crippen LogP contribution is 2.18. The first-order valence-electron chi connectivity index (χ1n) is 4.37. The molecule has 1 rings (SSSR count). The Morgan fingerprint density at radius 2 is 1.80 bits per heavy atom. The minimum atomic E-state index is -1.12. The minimum absolute atomic E-state index is 0.369. The highest BCUT2D eigenvalue weighted by molar-refractivity contribution is 9.10. The zero-order chi connectivity index (χ0) is 11.3. The number of hydrogen-bond acceptors (Lipinski definition) is 5. The Morgan fingerprint density at radius 3 is 2.27 bits per heavy atom. The molecule has 0 bridgehead atoms. The van der Waals surface area contributed by atoms with Crippen molar-refractivity contribution < 1.29 is 15.3 Å². The van der Waals surface area contributed by atoms with Crippen molar-refractivity contribution in [3.05, 3.63) is 22.9 Å². The van der Waals surface area contributed by atoms with Crippen LogP contribution in [0.25, 0.3) is 0 Å². The quantitative estimate of drug-likeness (QED) is 0.607. The molecule has 84 valence electrons. The normalized spacial score (nSPS) is 11.5. The fourth-order valence-corrected chi connectivity index (χ4v) is 1.42. The summed E-state index contributed by atoms with van der Waals surface area (Å²) in [5.74, 6) is 0. The molecule has 0 unspecified atom stereocenters. The molecule has 0 radical (unpaired) electrons. The topological polar surface area (TPSA) is 85.6 Å². The van der Waals surface area contributed by atoms with Gasteiger partial charge in [-0.15, -0.1) is 0 Å². The van der Waals surface area contributed by atoms with E-state index in [-0.39, 0.29) is 19.8 Å². The second-order valence-electron chi connectivity index (χ2n) is 3.27. The lowest BCUT2D eigenvalue weighted by molar-refractivity contribution is 0.0833. The molecule has 5 nitrogen and oxygen atoms in total. The predicted molar refractivity (Wildman–Crippen MR) is 59.5 cm³/mol. The average molecular weight is 277 g/mol. The summed E-state index contributed by atoms with van der Waals surface area (Å²) in [6.45, 7) is -1.11. The zero-order valence-corrected chi connectivity index (χ0v) is 9.61. The van der Waals surface area contributed by atoms with Gasteiger partial charge in [-0.25, -0.2) is 0 Å². The number of nitrogens with zero attached hydrogens (tertiary/aromatic N) is 1. The van der Waals surface area contributed by atoms with Gasteiger partial charge >= 0.3 is 0 Å². The molecular formula is C9H13BrN2O3. The average Bonchev–Trinajstić information content (AvgIpc) is 2.26. The Labute approximate surface area is 95.9 Å². The van der Waals surface area contributed by atoms with Crippen LogP contribution in [-0.2, 0) is 0 Å². The van der Waals surface area contributed by atoms with Gasteiger partial charge in [0.05, 0.1) is 31.7 Å². The van der Waals surface area contributed by atoms with E-state index in [2.05, 4.69) is 26.2 Å². The zero-order valence-electron chi connectivity index (χ0n) is 8.02. The number of halogens is 1. The second kappa shape index (κ2) is 5.41. The van der Waals surface area contributed by atoms with E-state index < -0.39 is 5.54 Å². The number of aliphatic hydroxyl groups excluding tert-OH is 3. The van der Waals surface area contributed by atoms with Crippen LogP contribution in [0.15, 0.2) is 22.9 Å². The van der Waals surface area contributed by atoms with E-state index in [0.29, 0.717) is 5.69 Å². The van der Waals surface area contributed by atoms with Crippen LogP contribution in [0, 0.1) is 0 Å². The standard InChI is InChI=1S/C9H13BrN2O3/c10-7-1-8(3-11-2-7)12-9(4-13,5-14)6-15/h1-3,12-15H,4-6H2. The van der Waals surface area contributed by atoms with E-state index in [1.54, 1.807) is 18.5 Å². The van der Waals surface area contributed by atoms with Crippen LogP contribution >= 0.6 is 15.9 Å². The molecule has 1 aromatic heterocycles. The van der Waals surface area contributed by atoms with Gasteiger partial charge in [0.2, 0.25) is 0 Å². The van der Waals surface area contributed by atoms with Crippen LogP contribution in [0.1, 0.15) is 0 Å². The van der Waals surface area contributed by atoms with Gasteiger partial charge in [0, 0.05) is 10.7 Å². The number of rotatable bonds is 5. The summed E-state index contributed by atoms with van der Waals surface area (Å²) < 4.78 is 0.773. The Hall–Kier alpha value is -0.690. The summed E-state index contributed by atoms with van der Waals surface area (Å²) in [6.07, 6.45) is 3.16. The van der Waals surface area contributed by atoms with Crippen molar-refractivity contribution in [3.63, 3.8) is 0 Å². The summed E-state index contributed by atoms with van der Waals surface area (Å²) in [4.78, 5) is 3.92. The van der Waals surface area contributed by atoms with Gasteiger partial charge in [-0.05, 0) is 22.0 Å². The third-order valence-electron chi connectivity index (χ3n) is 2.02. The summed E-state index contributed by atoms with van der Waals surface area (Å²) in [6, 6.07) is 1.74. The van der Waals surface area contributed by atoms with Crippen LogP contribution in [0.2, 0.25) is 0 Å². The molecule has 0 saturated carbocycles. The van der Waals surface area contributed by atoms with E-state index in [9.17, 15) is 0 Å². The smallest absolute Gasteiger partial charge is 0.107 e. The Kier molecular flexibility index (Phi) is 4.46. The molecule has 0 fully saturated rings. The highest BCUT2D eigenvalue weighted by Gasteiger charge is 2.27. The molecule has 0 aliphatic heterocycles. The molecule has 15 heavy (non-hydrogen) atoms. The Bertz CT molecular complexity index is 310. The third-order valence-corrected chi connectivity index (χ3v) is 2.46. The lowest BCUT2D eigenvalue weighted by Gasteiger charge is -2.29. The van der Waals surface area contributed by atoms with Gasteiger partial charge in [-0.1, -0.05) is 0 Å². The number of aromatic nitrogens is 1. The van der Waals surface area contributed by atoms with E-state index in [1.165, 1.54) is 0 Å². The molecule has 0 aliphatic rings. The van der Waals surface area contributed by atoms with E-state index in [0.717, 1.165) is 4.47 Å². The van der Waals surface area contributed by atoms with Gasteiger partial charge in [-0.2, -0.15) is 0 Å². The maximum absolute atomic E-state index is 9.09. The van der Waals surface area contributed by atoms with Crippen molar-refractivity contribution in [2.24, 2.45) is 0 Å². The van der Waals surface area contributed by atoms with E-state index >= 15 is 0 Å². The maximum atomic E-state index is 9.09. The van der Waals surface area contributed by atoms with Gasteiger partial charge in [0.1, 0.15) is 5.54 Å². The number of hydrogen-bond donors (Lipinski definition) is 4. The maximum Gasteiger partial charge on any atom is 0.107 e. The molecule has 0 aromatic carbocycles. The summed E-state index contributed by atoms with van der Waals surface area (Å²) in [5.41, 5.74) is -0.510. The van der Waals surface area contributed by atoms with Crippen LogP contribution in [0.4, 0.5) is 5.69 Å². The van der Waals surface area contributed by atoms with Gasteiger partial charge < -0.3 is 20.6 Å². The van der Waals surface area contributed by atoms with Crippen molar-refractivity contribution >= 4 is 21.6 Å². The largest absolute Gasteiger partial charge is 0.394 e. The molecule has 0 spiro atoms. The van der Waals surface area contributed by atoms with Crippen LogP contribution in [0.5, 0.6) is 0 Å². The van der Waals surface area contributed by atoms with Crippen LogP contribution < -0.4 is 5.32 Å². The van der Waals surface area contributed by atoms with E-state index in [4.69, 9.17) is 15.3 Å². The lowest BCUT2D eigenvalue weighted by Crippen LogP contribution is -2.49. The molecule has 0 saturated heterocycles. The fourth-order valence-electron chi connectivity index (χ4n) is 1.05. The lowest BCUT2D eigenvalue weighted by atomic mass is 10.0. The van der Waals surface area contributed by atoms with Crippen molar-refractivity contribution in [1.29, 1.82) is 0 Å². The SMILES string of the molecule is OCC(CO)(CO)Nc1cncc(Br)c1. The van der Waals surface area contributed by atoms with E-state index in [1.807, 2.05) is 0 Å². The summed E-state index contributed by atoms with van der Waals surface area (Å²) in [7, 11) is 0. The van der Waals surface area contributed by atoms with Gasteiger partial charge in [0.15, 0.2) is 0 Å². The molecule has 1 heterocycles. The second-order valence-corrected chi connectivity index (χ2v) is 4.19. The number of anilines is 1. The Morgan fingerprint density at radius 1 is 1.20 bits per heavy atom. The summed E-state index contributed by atoms with van der Waals surface area (Å²) >= 11 is 3.25. The molecular weight excluding hydrogens is 264 g/mol. The first-order chi connectivity index (χ1) is 7.15. The van der Waals surface area contributed by atoms with Crippen molar-refractivity contribution in [1.82, 2.24) is 4.98 Å². The molecule has 0 aliphatic carbocycles. The first kappa shape index (κ1) is 12.4. The van der Waals surface area contributed by atoms with Crippen molar-refractivity contribution in [2.75, 3.05) is 25.1 Å². The molecule has 0 atom stereocenters. The van der Waals surface area contributed by atoms with Crippen LogP contribution in [-0.4, -0.2) is 45.7 Å². The van der Waals surface area contributed by atoms with Crippen molar-refractivity contribution in [3.8, 4) is 0 Å². The predicted octanol–water partition coefficient (Wildman–Crippen LogP) is -0.0283. The number of pyridine rings is 1. The number of aliphatic hydroxyl groups is 3. The monoisotopic (exact) mass is 276 g/mol. The fraction of sp³-hybridized carbons (Fsp3) is 0.444. The summed E-state index contributed by atoms with van der Waals surface area (Å²) in [5, 5.41) is 30.1. The third kappa shape index (κ3) is 3.13. The minimum Gasteiger partial charge on any atom is -0.394 e. The van der Waals surface area contributed by atoms with Crippen LogP contribution in [0.3, 0.4) is 0 Å². The molecule has 4 N–H and O–H groups in total. The Balaban J connectivity index is 2.82. The molecule has 6 heteroatoms. The number of nitrogens with one attached hydrogen (secondary N) is 1. The highest BCUT2D eigenvalue weighted by atomic mass is 79.9. The first-order valence-corrected chi connectivity index (χ1v) is 5.16. The molecule has 0 amide bonds. The van der Waals surface area contributed by atoms with Gasteiger partial charge in [0.25, 0.3) is 0 Å².